The molecule has 0 saturated carbocycles. The van der Waals surface area contributed by atoms with E-state index >= 15 is 0 Å². The van der Waals surface area contributed by atoms with Crippen LogP contribution in [0.3, 0.4) is 0 Å². The minimum atomic E-state index is 0.295. The Hall–Kier alpha value is -2.41. The van der Waals surface area contributed by atoms with Crippen molar-refractivity contribution < 1.29 is 4.57 Å². The highest BCUT2D eigenvalue weighted by atomic mass is 14.9. The minimum Gasteiger partial charge on any atom is -0.201 e. The second-order valence-electron chi connectivity index (χ2n) is 9.78. The van der Waals surface area contributed by atoms with Gasteiger partial charge in [0.1, 0.15) is 7.05 Å². The first-order chi connectivity index (χ1) is 13.2. The molecular formula is C27H32N+. The summed E-state index contributed by atoms with van der Waals surface area (Å²) in [5, 5.41) is 0. The molecule has 1 heterocycles. The van der Waals surface area contributed by atoms with E-state index in [-0.39, 0.29) is 0 Å². The van der Waals surface area contributed by atoms with Crippen molar-refractivity contribution in [2.24, 2.45) is 12.5 Å². The van der Waals surface area contributed by atoms with E-state index in [0.717, 1.165) is 12.8 Å². The number of hydrogen-bond donors (Lipinski definition) is 0. The van der Waals surface area contributed by atoms with Gasteiger partial charge in [-0.3, -0.25) is 0 Å². The van der Waals surface area contributed by atoms with E-state index in [1.165, 1.54) is 55.8 Å². The summed E-state index contributed by atoms with van der Waals surface area (Å²) in [4.78, 5) is 0. The average Bonchev–Trinajstić information content (AvgIpc) is 2.97. The molecule has 0 N–H and O–H groups in total. The maximum Gasteiger partial charge on any atom is 0.213 e. The summed E-state index contributed by atoms with van der Waals surface area (Å²) in [7, 11) is 2.17. The van der Waals surface area contributed by atoms with Gasteiger partial charge in [0.05, 0.1) is 5.56 Å². The molecule has 2 aromatic carbocycles. The van der Waals surface area contributed by atoms with E-state index in [9.17, 15) is 0 Å². The molecule has 0 atom stereocenters. The zero-order valence-electron chi connectivity index (χ0n) is 18.4. The van der Waals surface area contributed by atoms with Gasteiger partial charge in [0.2, 0.25) is 5.69 Å². The molecule has 0 aliphatic heterocycles. The Kier molecular flexibility index (Phi) is 4.45. The van der Waals surface area contributed by atoms with Gasteiger partial charge in [-0.25, -0.2) is 4.57 Å². The molecule has 1 aliphatic rings. The van der Waals surface area contributed by atoms with E-state index in [2.05, 4.69) is 95.8 Å². The normalized spacial score (nSPS) is 12.8. The van der Waals surface area contributed by atoms with Crippen LogP contribution >= 0.6 is 0 Å². The number of fused-ring (bicyclic) bond motifs is 3. The highest BCUT2D eigenvalue weighted by Crippen LogP contribution is 2.44. The lowest BCUT2D eigenvalue weighted by atomic mass is 9.85. The number of nitrogens with zero attached hydrogens (tertiary/aromatic N) is 1. The molecular weight excluding hydrogens is 338 g/mol. The summed E-state index contributed by atoms with van der Waals surface area (Å²) in [6.45, 7) is 13.7. The summed E-state index contributed by atoms with van der Waals surface area (Å²) in [5.41, 5.74) is 14.5. The van der Waals surface area contributed by atoms with Crippen molar-refractivity contribution in [2.45, 2.75) is 54.4 Å². The molecule has 0 fully saturated rings. The predicted molar refractivity (Wildman–Crippen MR) is 119 cm³/mol. The molecule has 0 bridgehead atoms. The van der Waals surface area contributed by atoms with E-state index in [4.69, 9.17) is 0 Å². The minimum absolute atomic E-state index is 0.295. The SMILES string of the molecule is Cc1cc(-c2c(C)ccc3c2Cc2c(CC(C)(C)C)cccc2-3)[n+](C)cc1C. The highest BCUT2D eigenvalue weighted by Gasteiger charge is 2.28. The summed E-state index contributed by atoms with van der Waals surface area (Å²) in [6, 6.07) is 13.9. The van der Waals surface area contributed by atoms with Crippen LogP contribution in [0, 0.1) is 26.2 Å². The fourth-order valence-electron chi connectivity index (χ4n) is 4.70. The first-order valence-electron chi connectivity index (χ1n) is 10.4. The zero-order chi connectivity index (χ0) is 20.2. The summed E-state index contributed by atoms with van der Waals surface area (Å²) >= 11 is 0. The molecule has 1 heteroatoms. The number of benzene rings is 2. The van der Waals surface area contributed by atoms with Crippen molar-refractivity contribution in [2.75, 3.05) is 0 Å². The molecule has 1 aromatic heterocycles. The standard InChI is InChI=1S/C27H32N/c1-17-11-12-22-21-10-8-9-20(15-27(4,5)6)23(21)14-24(22)26(17)25-13-18(2)19(3)16-28(25)7/h8-13,16H,14-15H2,1-7H3/q+1. The fraction of sp³-hybridized carbons (Fsp3) is 0.370. The third-order valence-corrected chi connectivity index (χ3v) is 6.16. The van der Waals surface area contributed by atoms with Gasteiger partial charge in [-0.1, -0.05) is 51.1 Å². The monoisotopic (exact) mass is 370 g/mol. The number of pyridine rings is 1. The maximum atomic E-state index is 2.36. The Morgan fingerprint density at radius 2 is 1.57 bits per heavy atom. The van der Waals surface area contributed by atoms with Crippen LogP contribution in [0.2, 0.25) is 0 Å². The second kappa shape index (κ2) is 6.58. The summed E-state index contributed by atoms with van der Waals surface area (Å²) in [5.74, 6) is 0. The van der Waals surface area contributed by atoms with Crippen LogP contribution in [0.1, 0.15) is 54.2 Å². The molecule has 1 aliphatic carbocycles. The van der Waals surface area contributed by atoms with Crippen molar-refractivity contribution in [1.82, 2.24) is 0 Å². The third-order valence-electron chi connectivity index (χ3n) is 6.16. The van der Waals surface area contributed by atoms with Crippen LogP contribution in [-0.2, 0) is 19.9 Å². The van der Waals surface area contributed by atoms with Crippen LogP contribution in [0.15, 0.2) is 42.6 Å². The summed E-state index contributed by atoms with van der Waals surface area (Å²) < 4.78 is 2.30. The van der Waals surface area contributed by atoms with E-state index in [0.29, 0.717) is 5.41 Å². The van der Waals surface area contributed by atoms with Crippen LogP contribution < -0.4 is 4.57 Å². The van der Waals surface area contributed by atoms with Crippen LogP contribution in [0.25, 0.3) is 22.4 Å². The smallest absolute Gasteiger partial charge is 0.201 e. The van der Waals surface area contributed by atoms with Crippen molar-refractivity contribution >= 4 is 0 Å². The largest absolute Gasteiger partial charge is 0.213 e. The van der Waals surface area contributed by atoms with Crippen molar-refractivity contribution in [1.29, 1.82) is 0 Å². The van der Waals surface area contributed by atoms with Crippen molar-refractivity contribution in [3.05, 3.63) is 76.0 Å². The van der Waals surface area contributed by atoms with Gasteiger partial charge in [0, 0.05) is 11.6 Å². The molecule has 144 valence electrons. The molecule has 0 amide bonds. The maximum absolute atomic E-state index is 2.36. The molecule has 0 saturated heterocycles. The van der Waals surface area contributed by atoms with Gasteiger partial charge in [-0.15, -0.1) is 0 Å². The van der Waals surface area contributed by atoms with E-state index in [1.54, 1.807) is 0 Å². The molecule has 28 heavy (non-hydrogen) atoms. The molecule has 0 spiro atoms. The Morgan fingerprint density at radius 3 is 2.29 bits per heavy atom. The lowest BCUT2D eigenvalue weighted by molar-refractivity contribution is -0.660. The average molecular weight is 371 g/mol. The van der Waals surface area contributed by atoms with Gasteiger partial charge < -0.3 is 0 Å². The molecule has 0 radical (unpaired) electrons. The van der Waals surface area contributed by atoms with Gasteiger partial charge in [0.15, 0.2) is 6.20 Å². The van der Waals surface area contributed by atoms with Gasteiger partial charge in [-0.2, -0.15) is 0 Å². The number of hydrogen-bond acceptors (Lipinski definition) is 0. The molecule has 1 nitrogen and oxygen atoms in total. The van der Waals surface area contributed by atoms with Crippen molar-refractivity contribution in [3.8, 4) is 22.4 Å². The second-order valence-corrected chi connectivity index (χ2v) is 9.78. The lowest BCUT2D eigenvalue weighted by Gasteiger charge is -2.20. The number of rotatable bonds is 2. The highest BCUT2D eigenvalue weighted by molar-refractivity contribution is 5.85. The summed E-state index contributed by atoms with van der Waals surface area (Å²) in [6.07, 6.45) is 4.42. The Labute approximate surface area is 170 Å². The quantitative estimate of drug-likeness (QED) is 0.366. The van der Waals surface area contributed by atoms with E-state index < -0.39 is 0 Å². The molecule has 0 unspecified atom stereocenters. The van der Waals surface area contributed by atoms with Crippen LogP contribution in [0.4, 0.5) is 0 Å². The number of aryl methyl sites for hydroxylation is 4. The topological polar surface area (TPSA) is 3.88 Å². The third kappa shape index (κ3) is 3.17. The van der Waals surface area contributed by atoms with Gasteiger partial charge in [-0.05, 0) is 78.0 Å². The van der Waals surface area contributed by atoms with Crippen LogP contribution in [0.5, 0.6) is 0 Å². The van der Waals surface area contributed by atoms with Gasteiger partial charge in [0.25, 0.3) is 0 Å². The fourth-order valence-corrected chi connectivity index (χ4v) is 4.70. The lowest BCUT2D eigenvalue weighted by Crippen LogP contribution is -2.32. The zero-order valence-corrected chi connectivity index (χ0v) is 18.4. The Balaban J connectivity index is 1.91. The first-order valence-corrected chi connectivity index (χ1v) is 10.4. The predicted octanol–water partition coefficient (Wildman–Crippen LogP) is 6.26. The van der Waals surface area contributed by atoms with Gasteiger partial charge >= 0.3 is 0 Å². The first kappa shape index (κ1) is 18.9. The molecule has 3 aromatic rings. The molecule has 4 rings (SSSR count). The Morgan fingerprint density at radius 1 is 0.857 bits per heavy atom. The Bertz CT molecular complexity index is 1080. The number of aromatic nitrogens is 1. The van der Waals surface area contributed by atoms with E-state index in [1.807, 2.05) is 0 Å². The van der Waals surface area contributed by atoms with Crippen molar-refractivity contribution in [3.63, 3.8) is 0 Å². The van der Waals surface area contributed by atoms with Crippen LogP contribution in [-0.4, -0.2) is 0 Å².